The van der Waals surface area contributed by atoms with Gasteiger partial charge in [0.2, 0.25) is 10.0 Å². The molecule has 0 aromatic heterocycles. The molecule has 2 fully saturated rings. The molecule has 1 N–H and O–H groups in total. The van der Waals surface area contributed by atoms with Gasteiger partial charge in [-0.15, -0.1) is 0 Å². The van der Waals surface area contributed by atoms with E-state index >= 15 is 0 Å². The van der Waals surface area contributed by atoms with Crippen LogP contribution >= 0.6 is 15.9 Å². The monoisotopic (exact) mass is 323 g/mol. The smallest absolute Gasteiger partial charge is 0.212 e. The summed E-state index contributed by atoms with van der Waals surface area (Å²) in [7, 11) is -3.09. The second-order valence-electron chi connectivity index (χ2n) is 5.94. The lowest BCUT2D eigenvalue weighted by Gasteiger charge is -2.39. The summed E-state index contributed by atoms with van der Waals surface area (Å²) in [5.74, 6) is 1.36. The first-order chi connectivity index (χ1) is 7.95. The summed E-state index contributed by atoms with van der Waals surface area (Å²) < 4.78 is 27.2. The molecule has 2 atom stereocenters. The minimum Gasteiger partial charge on any atom is -0.212 e. The van der Waals surface area contributed by atoms with Crippen LogP contribution in [0.5, 0.6) is 0 Å². The molecule has 0 aromatic rings. The van der Waals surface area contributed by atoms with E-state index in [1.807, 2.05) is 0 Å². The number of sulfonamides is 1. The Hall–Kier alpha value is 0.390. The fourth-order valence-electron chi connectivity index (χ4n) is 2.87. The molecule has 2 aliphatic rings. The molecule has 0 aliphatic heterocycles. The largest absolute Gasteiger partial charge is 0.212 e. The van der Waals surface area contributed by atoms with Crippen molar-refractivity contribution in [3.8, 4) is 0 Å². The van der Waals surface area contributed by atoms with Gasteiger partial charge in [-0.1, -0.05) is 35.7 Å². The molecule has 0 saturated heterocycles. The Kier molecular flexibility index (Phi) is 4.20. The lowest BCUT2D eigenvalue weighted by Crippen LogP contribution is -2.53. The minimum absolute atomic E-state index is 0.231. The van der Waals surface area contributed by atoms with E-state index in [1.165, 1.54) is 6.42 Å². The Labute approximate surface area is 113 Å². The highest BCUT2D eigenvalue weighted by atomic mass is 79.9. The molecule has 2 aliphatic carbocycles. The summed E-state index contributed by atoms with van der Waals surface area (Å²) in [4.78, 5) is 0. The van der Waals surface area contributed by atoms with Crippen molar-refractivity contribution in [1.82, 2.24) is 4.72 Å². The Morgan fingerprint density at radius 3 is 2.59 bits per heavy atom. The van der Waals surface area contributed by atoms with E-state index in [2.05, 4.69) is 27.6 Å². The van der Waals surface area contributed by atoms with E-state index in [1.54, 1.807) is 0 Å². The van der Waals surface area contributed by atoms with Gasteiger partial charge < -0.3 is 0 Å². The molecule has 2 rings (SSSR count). The lowest BCUT2D eigenvalue weighted by molar-refractivity contribution is 0.241. The van der Waals surface area contributed by atoms with Crippen molar-refractivity contribution in [1.29, 1.82) is 0 Å². The molecular weight excluding hydrogens is 302 g/mol. The zero-order chi connectivity index (χ0) is 12.5. The van der Waals surface area contributed by atoms with Gasteiger partial charge in [0.05, 0.1) is 5.75 Å². The zero-order valence-electron chi connectivity index (χ0n) is 10.4. The second kappa shape index (κ2) is 5.17. The van der Waals surface area contributed by atoms with Crippen molar-refractivity contribution in [2.45, 2.75) is 51.0 Å². The van der Waals surface area contributed by atoms with Crippen LogP contribution in [0.15, 0.2) is 0 Å². The maximum atomic E-state index is 12.1. The molecule has 0 amide bonds. The highest BCUT2D eigenvalue weighted by molar-refractivity contribution is 9.09. The lowest BCUT2D eigenvalue weighted by atomic mass is 9.78. The number of nitrogens with one attached hydrogen (secondary N) is 1. The van der Waals surface area contributed by atoms with Crippen LogP contribution in [0.2, 0.25) is 0 Å². The Bertz CT molecular complexity index is 367. The summed E-state index contributed by atoms with van der Waals surface area (Å²) in [5.41, 5.74) is -0.231. The fourth-order valence-corrected chi connectivity index (χ4v) is 5.66. The van der Waals surface area contributed by atoms with E-state index < -0.39 is 10.0 Å². The Morgan fingerprint density at radius 2 is 2.06 bits per heavy atom. The first-order valence-corrected chi connectivity index (χ1v) is 9.30. The van der Waals surface area contributed by atoms with Crippen LogP contribution in [0, 0.1) is 11.8 Å². The molecule has 0 spiro atoms. The van der Waals surface area contributed by atoms with Crippen LogP contribution in [0.4, 0.5) is 0 Å². The molecule has 2 unspecified atom stereocenters. The molecule has 0 radical (unpaired) electrons. The summed E-state index contributed by atoms with van der Waals surface area (Å²) in [6, 6.07) is 0. The maximum Gasteiger partial charge on any atom is 0.212 e. The zero-order valence-corrected chi connectivity index (χ0v) is 12.8. The predicted molar refractivity (Wildman–Crippen MR) is 73.8 cm³/mol. The molecule has 3 nitrogen and oxygen atoms in total. The van der Waals surface area contributed by atoms with Crippen molar-refractivity contribution in [2.24, 2.45) is 11.8 Å². The van der Waals surface area contributed by atoms with E-state index in [0.29, 0.717) is 17.6 Å². The van der Waals surface area contributed by atoms with Gasteiger partial charge in [-0.3, -0.25) is 0 Å². The Balaban J connectivity index is 2.02. The maximum absolute atomic E-state index is 12.1. The van der Waals surface area contributed by atoms with Gasteiger partial charge in [-0.2, -0.15) is 0 Å². The van der Waals surface area contributed by atoms with Gasteiger partial charge in [0.1, 0.15) is 0 Å². The fraction of sp³-hybridized carbons (Fsp3) is 1.00. The van der Waals surface area contributed by atoms with E-state index in [0.717, 1.165) is 37.4 Å². The van der Waals surface area contributed by atoms with Crippen LogP contribution in [-0.2, 0) is 10.0 Å². The van der Waals surface area contributed by atoms with E-state index in [4.69, 9.17) is 0 Å². The summed E-state index contributed by atoms with van der Waals surface area (Å²) >= 11 is 3.50. The average Bonchev–Trinajstić information content (AvgIpc) is 3.00. The summed E-state index contributed by atoms with van der Waals surface area (Å²) in [6.45, 7) is 2.21. The third kappa shape index (κ3) is 3.93. The molecule has 5 heteroatoms. The molecule has 0 aromatic carbocycles. The summed E-state index contributed by atoms with van der Waals surface area (Å²) in [5, 5.41) is 0.730. The number of rotatable bonds is 5. The third-order valence-corrected chi connectivity index (χ3v) is 6.60. The van der Waals surface area contributed by atoms with Crippen molar-refractivity contribution in [3.05, 3.63) is 0 Å². The molecule has 0 heterocycles. The first-order valence-electron chi connectivity index (χ1n) is 6.52. The molecule has 2 saturated carbocycles. The molecule has 17 heavy (non-hydrogen) atoms. The second-order valence-corrected chi connectivity index (χ2v) is 8.27. The quantitative estimate of drug-likeness (QED) is 0.790. The number of halogens is 1. The van der Waals surface area contributed by atoms with Gasteiger partial charge in [-0.05, 0) is 37.5 Å². The molecular formula is C12H22BrNO2S. The molecule has 0 bridgehead atoms. The van der Waals surface area contributed by atoms with Crippen molar-refractivity contribution < 1.29 is 8.42 Å². The normalized spacial score (nSPS) is 34.8. The third-order valence-electron chi connectivity index (χ3n) is 3.87. The highest BCUT2D eigenvalue weighted by Crippen LogP contribution is 2.35. The summed E-state index contributed by atoms with van der Waals surface area (Å²) in [6.07, 6.45) is 6.43. The van der Waals surface area contributed by atoms with E-state index in [-0.39, 0.29) is 5.54 Å². The van der Waals surface area contributed by atoms with Gasteiger partial charge in [0.25, 0.3) is 0 Å². The van der Waals surface area contributed by atoms with Crippen molar-refractivity contribution in [2.75, 3.05) is 11.1 Å². The number of alkyl halides is 1. The van der Waals surface area contributed by atoms with Gasteiger partial charge in [-0.25, -0.2) is 13.1 Å². The number of hydrogen-bond acceptors (Lipinski definition) is 2. The van der Waals surface area contributed by atoms with Crippen LogP contribution in [0.25, 0.3) is 0 Å². The van der Waals surface area contributed by atoms with Gasteiger partial charge >= 0.3 is 0 Å². The van der Waals surface area contributed by atoms with Gasteiger partial charge in [0, 0.05) is 10.9 Å². The van der Waals surface area contributed by atoms with Gasteiger partial charge in [0.15, 0.2) is 0 Å². The highest BCUT2D eigenvalue weighted by Gasteiger charge is 2.39. The topological polar surface area (TPSA) is 46.2 Å². The minimum atomic E-state index is -3.09. The van der Waals surface area contributed by atoms with Crippen molar-refractivity contribution in [3.63, 3.8) is 0 Å². The SMILES string of the molecule is CC1CCCC(CBr)(NS(=O)(=O)CC2CC2)C1. The first kappa shape index (κ1) is 13.8. The van der Waals surface area contributed by atoms with Crippen LogP contribution < -0.4 is 4.72 Å². The van der Waals surface area contributed by atoms with Crippen molar-refractivity contribution >= 4 is 26.0 Å². The average molecular weight is 324 g/mol. The van der Waals surface area contributed by atoms with E-state index in [9.17, 15) is 8.42 Å². The van der Waals surface area contributed by atoms with Crippen LogP contribution in [-0.4, -0.2) is 25.0 Å². The number of hydrogen-bond donors (Lipinski definition) is 1. The standard InChI is InChI=1S/C12H22BrNO2S/c1-10-3-2-6-12(7-10,9-13)14-17(15,16)8-11-4-5-11/h10-11,14H,2-9H2,1H3. The Morgan fingerprint density at radius 1 is 1.35 bits per heavy atom. The van der Waals surface area contributed by atoms with Crippen LogP contribution in [0.1, 0.15) is 45.4 Å². The van der Waals surface area contributed by atoms with Crippen LogP contribution in [0.3, 0.4) is 0 Å². The predicted octanol–water partition coefficient (Wildman–Crippen LogP) is 2.66. The molecule has 100 valence electrons.